The predicted octanol–water partition coefficient (Wildman–Crippen LogP) is 2.96. The van der Waals surface area contributed by atoms with Crippen LogP contribution >= 0.6 is 0 Å². The highest BCUT2D eigenvalue weighted by molar-refractivity contribution is 7.88. The molecule has 1 aliphatic rings. The molecule has 0 unspecified atom stereocenters. The summed E-state index contributed by atoms with van der Waals surface area (Å²) in [7, 11) is -0.380. The SMILES string of the molecule is CCOc1ccc([C@H]2C=C(c3ccc(OC)c(OC)c3)NN2S(C)(=O)=O)cc1. The number of hydrazine groups is 1. The van der Waals surface area contributed by atoms with E-state index >= 15 is 0 Å². The zero-order valence-corrected chi connectivity index (χ0v) is 17.1. The molecule has 0 radical (unpaired) electrons. The quantitative estimate of drug-likeness (QED) is 0.765. The summed E-state index contributed by atoms with van der Waals surface area (Å²) in [5.41, 5.74) is 5.30. The third-order valence-corrected chi connectivity index (χ3v) is 5.43. The van der Waals surface area contributed by atoms with Crippen molar-refractivity contribution in [3.63, 3.8) is 0 Å². The Morgan fingerprint density at radius 3 is 2.29 bits per heavy atom. The van der Waals surface area contributed by atoms with Crippen LogP contribution in [0, 0.1) is 0 Å². The predicted molar refractivity (Wildman–Crippen MR) is 108 cm³/mol. The number of methoxy groups -OCH3 is 2. The summed E-state index contributed by atoms with van der Waals surface area (Å²) in [5.74, 6) is 1.92. The summed E-state index contributed by atoms with van der Waals surface area (Å²) in [4.78, 5) is 0. The fourth-order valence-corrected chi connectivity index (χ4v) is 3.92. The van der Waals surface area contributed by atoms with Crippen molar-refractivity contribution < 1.29 is 22.6 Å². The van der Waals surface area contributed by atoms with Gasteiger partial charge in [-0.2, -0.15) is 0 Å². The highest BCUT2D eigenvalue weighted by atomic mass is 32.2. The number of hydrogen-bond acceptors (Lipinski definition) is 6. The molecule has 1 N–H and O–H groups in total. The summed E-state index contributed by atoms with van der Waals surface area (Å²) in [5, 5.41) is 0. The van der Waals surface area contributed by atoms with Crippen molar-refractivity contribution in [1.29, 1.82) is 0 Å². The molecule has 0 aliphatic carbocycles. The van der Waals surface area contributed by atoms with Crippen LogP contribution in [0.25, 0.3) is 5.70 Å². The van der Waals surface area contributed by atoms with Gasteiger partial charge in [0.25, 0.3) is 0 Å². The fourth-order valence-electron chi connectivity index (χ4n) is 3.06. The molecule has 2 aromatic carbocycles. The molecule has 1 aliphatic heterocycles. The number of hydrogen-bond donors (Lipinski definition) is 1. The average Bonchev–Trinajstić information content (AvgIpc) is 3.14. The molecule has 0 fully saturated rings. The molecule has 1 heterocycles. The fraction of sp³-hybridized carbons (Fsp3) is 0.300. The topological polar surface area (TPSA) is 77.1 Å². The van der Waals surface area contributed by atoms with Crippen LogP contribution in [0.4, 0.5) is 0 Å². The van der Waals surface area contributed by atoms with Crippen LogP contribution in [0.3, 0.4) is 0 Å². The number of benzene rings is 2. The van der Waals surface area contributed by atoms with E-state index in [0.29, 0.717) is 23.8 Å². The average molecular weight is 404 g/mol. The number of sulfonamides is 1. The first-order valence-corrected chi connectivity index (χ1v) is 10.6. The van der Waals surface area contributed by atoms with E-state index in [2.05, 4.69) is 5.43 Å². The van der Waals surface area contributed by atoms with Crippen LogP contribution in [-0.2, 0) is 10.0 Å². The van der Waals surface area contributed by atoms with Gasteiger partial charge in [0, 0.05) is 5.56 Å². The summed E-state index contributed by atoms with van der Waals surface area (Å²) in [6.45, 7) is 2.49. The maximum atomic E-state index is 12.3. The van der Waals surface area contributed by atoms with Gasteiger partial charge in [-0.15, -0.1) is 4.41 Å². The molecule has 0 bridgehead atoms. The Labute approximate surface area is 165 Å². The van der Waals surface area contributed by atoms with E-state index in [4.69, 9.17) is 14.2 Å². The Bertz CT molecular complexity index is 971. The molecular formula is C20H24N2O5S. The van der Waals surface area contributed by atoms with Crippen molar-refractivity contribution in [2.45, 2.75) is 13.0 Å². The monoisotopic (exact) mass is 404 g/mol. The molecule has 8 heteroatoms. The lowest BCUT2D eigenvalue weighted by Crippen LogP contribution is -2.38. The largest absolute Gasteiger partial charge is 0.494 e. The van der Waals surface area contributed by atoms with Gasteiger partial charge >= 0.3 is 0 Å². The minimum Gasteiger partial charge on any atom is -0.494 e. The second-order valence-electron chi connectivity index (χ2n) is 6.27. The van der Waals surface area contributed by atoms with E-state index in [0.717, 1.165) is 16.9 Å². The Kier molecular flexibility index (Phi) is 5.81. The van der Waals surface area contributed by atoms with E-state index < -0.39 is 16.1 Å². The molecule has 28 heavy (non-hydrogen) atoms. The van der Waals surface area contributed by atoms with Gasteiger partial charge in [-0.05, 0) is 48.9 Å². The van der Waals surface area contributed by atoms with Gasteiger partial charge in [-0.25, -0.2) is 8.42 Å². The minimum absolute atomic E-state index is 0.478. The van der Waals surface area contributed by atoms with Crippen molar-refractivity contribution in [2.24, 2.45) is 0 Å². The summed E-state index contributed by atoms with van der Waals surface area (Å²) in [6, 6.07) is 12.4. The Morgan fingerprint density at radius 2 is 1.71 bits per heavy atom. The zero-order valence-electron chi connectivity index (χ0n) is 16.3. The molecule has 150 valence electrons. The molecule has 0 aromatic heterocycles. The van der Waals surface area contributed by atoms with Gasteiger partial charge in [-0.1, -0.05) is 12.1 Å². The highest BCUT2D eigenvalue weighted by Gasteiger charge is 2.33. The minimum atomic E-state index is -3.51. The lowest BCUT2D eigenvalue weighted by atomic mass is 10.0. The first-order chi connectivity index (χ1) is 13.4. The first-order valence-electron chi connectivity index (χ1n) is 8.80. The van der Waals surface area contributed by atoms with E-state index in [-0.39, 0.29) is 0 Å². The smallest absolute Gasteiger partial charge is 0.228 e. The highest BCUT2D eigenvalue weighted by Crippen LogP contribution is 2.36. The Hall–Kier alpha value is -2.71. The van der Waals surface area contributed by atoms with Gasteiger partial charge in [0.15, 0.2) is 11.5 Å². The Balaban J connectivity index is 1.98. The van der Waals surface area contributed by atoms with Gasteiger partial charge in [-0.3, -0.25) is 0 Å². The molecule has 0 amide bonds. The van der Waals surface area contributed by atoms with Crippen molar-refractivity contribution in [3.8, 4) is 17.2 Å². The van der Waals surface area contributed by atoms with E-state index in [1.807, 2.05) is 43.3 Å². The molecule has 7 nitrogen and oxygen atoms in total. The third kappa shape index (κ3) is 4.07. The number of ether oxygens (including phenoxy) is 3. The van der Waals surface area contributed by atoms with Crippen molar-refractivity contribution in [1.82, 2.24) is 9.84 Å². The zero-order chi connectivity index (χ0) is 20.3. The second kappa shape index (κ2) is 8.12. The maximum Gasteiger partial charge on any atom is 0.228 e. The molecule has 0 saturated carbocycles. The van der Waals surface area contributed by atoms with Crippen molar-refractivity contribution >= 4 is 15.7 Å². The van der Waals surface area contributed by atoms with Crippen molar-refractivity contribution in [3.05, 3.63) is 59.7 Å². The normalized spacial score (nSPS) is 17.0. The lowest BCUT2D eigenvalue weighted by molar-refractivity contribution is 0.338. The van der Waals surface area contributed by atoms with E-state index in [9.17, 15) is 8.42 Å². The van der Waals surface area contributed by atoms with Gasteiger partial charge in [0.05, 0.1) is 38.8 Å². The standard InChI is InChI=1S/C20H24N2O5S/c1-5-27-16-9-6-14(7-10-16)18-13-17(21-22(18)28(4,23)24)15-8-11-19(25-2)20(12-15)26-3/h6-13,18,21H,5H2,1-4H3/t18-/m1/s1. The van der Waals surface area contributed by atoms with Crippen molar-refractivity contribution in [2.75, 3.05) is 27.1 Å². The van der Waals surface area contributed by atoms with Gasteiger partial charge < -0.3 is 19.6 Å². The Morgan fingerprint density at radius 1 is 1.04 bits per heavy atom. The lowest BCUT2D eigenvalue weighted by Gasteiger charge is -2.23. The molecule has 2 aromatic rings. The number of nitrogens with zero attached hydrogens (tertiary/aromatic N) is 1. The molecule has 3 rings (SSSR count). The van der Waals surface area contributed by atoms with E-state index in [1.165, 1.54) is 10.7 Å². The van der Waals surface area contributed by atoms with Crippen LogP contribution < -0.4 is 19.6 Å². The molecule has 1 atom stereocenters. The summed E-state index contributed by atoms with van der Waals surface area (Å²) < 4.78 is 42.0. The molecule has 0 saturated heterocycles. The molecule has 0 spiro atoms. The van der Waals surface area contributed by atoms with Crippen LogP contribution in [0.5, 0.6) is 17.2 Å². The van der Waals surface area contributed by atoms with Gasteiger partial charge in [0.2, 0.25) is 10.0 Å². The second-order valence-corrected chi connectivity index (χ2v) is 8.13. The van der Waals surface area contributed by atoms with Crippen LogP contribution in [0.1, 0.15) is 24.1 Å². The summed E-state index contributed by atoms with van der Waals surface area (Å²) in [6.07, 6.45) is 3.05. The van der Waals surface area contributed by atoms with Crippen LogP contribution in [0.15, 0.2) is 48.5 Å². The summed E-state index contributed by atoms with van der Waals surface area (Å²) >= 11 is 0. The van der Waals surface area contributed by atoms with Crippen LogP contribution in [0.2, 0.25) is 0 Å². The van der Waals surface area contributed by atoms with E-state index in [1.54, 1.807) is 26.4 Å². The first kappa shape index (κ1) is 20.0. The third-order valence-electron chi connectivity index (χ3n) is 4.39. The number of nitrogens with one attached hydrogen (secondary N) is 1. The van der Waals surface area contributed by atoms with Gasteiger partial charge in [0.1, 0.15) is 5.75 Å². The maximum absolute atomic E-state index is 12.3. The number of rotatable bonds is 7. The molecular weight excluding hydrogens is 380 g/mol. The van der Waals surface area contributed by atoms with Crippen LogP contribution in [-0.4, -0.2) is 39.9 Å².